The first-order valence-electron chi connectivity index (χ1n) is 8.43. The minimum absolute atomic E-state index is 0.629. The molecule has 0 saturated carbocycles. The molecule has 5 heteroatoms. The Balaban J connectivity index is 1.49. The Morgan fingerprint density at radius 2 is 2.08 bits per heavy atom. The van der Waals surface area contributed by atoms with Gasteiger partial charge in [0.2, 0.25) is 0 Å². The molecule has 124 valence electrons. The largest absolute Gasteiger partial charge is 0.389 e. The molecule has 0 unspecified atom stereocenters. The summed E-state index contributed by atoms with van der Waals surface area (Å²) < 4.78 is 1.98. The molecule has 1 aliphatic rings. The first kappa shape index (κ1) is 15.1. The van der Waals surface area contributed by atoms with Crippen LogP contribution in [-0.4, -0.2) is 38.2 Å². The number of piperidine rings is 1. The summed E-state index contributed by atoms with van der Waals surface area (Å²) in [6.45, 7) is 3.70. The van der Waals surface area contributed by atoms with Gasteiger partial charge in [0, 0.05) is 31.9 Å². The van der Waals surface area contributed by atoms with Crippen molar-refractivity contribution in [3.8, 4) is 0 Å². The molecule has 1 fully saturated rings. The van der Waals surface area contributed by atoms with Crippen LogP contribution in [-0.2, 0) is 6.42 Å². The summed E-state index contributed by atoms with van der Waals surface area (Å²) >= 11 is 0. The molecule has 1 saturated heterocycles. The van der Waals surface area contributed by atoms with E-state index in [-0.39, 0.29) is 0 Å². The number of aromatic nitrogens is 3. The van der Waals surface area contributed by atoms with Gasteiger partial charge >= 0.3 is 0 Å². The maximum atomic E-state index is 11.0. The molecule has 2 aromatic heterocycles. The van der Waals surface area contributed by atoms with Crippen LogP contribution in [0.2, 0.25) is 0 Å². The van der Waals surface area contributed by atoms with E-state index in [1.54, 1.807) is 12.5 Å². The Kier molecular flexibility index (Phi) is 3.73. The van der Waals surface area contributed by atoms with E-state index in [9.17, 15) is 5.11 Å². The van der Waals surface area contributed by atoms with Gasteiger partial charge in [0.1, 0.15) is 5.52 Å². The molecule has 5 nitrogen and oxygen atoms in total. The SMILES string of the molecule is Cc1cccc(CC2(O)CCN(c3nccn4cncc34)CC2)c1. The lowest BCUT2D eigenvalue weighted by atomic mass is 9.85. The highest BCUT2D eigenvalue weighted by atomic mass is 16.3. The predicted molar refractivity (Wildman–Crippen MR) is 94.3 cm³/mol. The minimum Gasteiger partial charge on any atom is -0.389 e. The van der Waals surface area contributed by atoms with Gasteiger partial charge in [-0.15, -0.1) is 0 Å². The Morgan fingerprint density at radius 3 is 2.88 bits per heavy atom. The normalized spacial score (nSPS) is 17.3. The minimum atomic E-state index is -0.629. The quantitative estimate of drug-likeness (QED) is 0.805. The Bertz CT molecular complexity index is 849. The molecule has 0 atom stereocenters. The predicted octanol–water partition coefficient (Wildman–Crippen LogP) is 2.61. The first-order valence-corrected chi connectivity index (χ1v) is 8.43. The van der Waals surface area contributed by atoms with Gasteiger partial charge < -0.3 is 14.4 Å². The monoisotopic (exact) mass is 322 g/mol. The number of fused-ring (bicyclic) bond motifs is 1. The zero-order chi connectivity index (χ0) is 16.6. The van der Waals surface area contributed by atoms with E-state index in [4.69, 9.17) is 0 Å². The van der Waals surface area contributed by atoms with Crippen molar-refractivity contribution >= 4 is 11.3 Å². The lowest BCUT2D eigenvalue weighted by Crippen LogP contribution is -2.46. The second-order valence-electron chi connectivity index (χ2n) is 6.81. The highest BCUT2D eigenvalue weighted by molar-refractivity contribution is 5.68. The van der Waals surface area contributed by atoms with Gasteiger partial charge in [0.25, 0.3) is 0 Å². The maximum Gasteiger partial charge on any atom is 0.154 e. The van der Waals surface area contributed by atoms with E-state index in [0.717, 1.165) is 37.3 Å². The molecule has 1 aromatic carbocycles. The zero-order valence-corrected chi connectivity index (χ0v) is 13.9. The summed E-state index contributed by atoms with van der Waals surface area (Å²) in [5.41, 5.74) is 2.84. The summed E-state index contributed by atoms with van der Waals surface area (Å²) in [4.78, 5) is 11.0. The molecular weight excluding hydrogens is 300 g/mol. The van der Waals surface area contributed by atoms with Gasteiger partial charge in [-0.1, -0.05) is 29.8 Å². The van der Waals surface area contributed by atoms with Crippen molar-refractivity contribution in [2.24, 2.45) is 0 Å². The van der Waals surface area contributed by atoms with Crippen LogP contribution in [0.1, 0.15) is 24.0 Å². The van der Waals surface area contributed by atoms with Crippen LogP contribution in [0, 0.1) is 6.92 Å². The van der Waals surface area contributed by atoms with Crippen LogP contribution in [0.3, 0.4) is 0 Å². The molecule has 0 spiro atoms. The molecule has 3 heterocycles. The van der Waals surface area contributed by atoms with Crippen molar-refractivity contribution in [2.45, 2.75) is 31.8 Å². The van der Waals surface area contributed by atoms with E-state index >= 15 is 0 Å². The topological polar surface area (TPSA) is 53.7 Å². The molecule has 0 aliphatic carbocycles. The number of rotatable bonds is 3. The summed E-state index contributed by atoms with van der Waals surface area (Å²) in [7, 11) is 0. The van der Waals surface area contributed by atoms with Gasteiger partial charge in [-0.2, -0.15) is 0 Å². The highest BCUT2D eigenvalue weighted by Gasteiger charge is 2.33. The third-order valence-corrected chi connectivity index (χ3v) is 4.93. The molecule has 1 N–H and O–H groups in total. The lowest BCUT2D eigenvalue weighted by Gasteiger charge is -2.39. The second-order valence-corrected chi connectivity index (χ2v) is 6.81. The fourth-order valence-electron chi connectivity index (χ4n) is 3.60. The van der Waals surface area contributed by atoms with Crippen molar-refractivity contribution in [1.29, 1.82) is 0 Å². The van der Waals surface area contributed by atoms with Gasteiger partial charge in [0.15, 0.2) is 5.82 Å². The molecule has 1 aliphatic heterocycles. The number of aliphatic hydroxyl groups is 1. The summed E-state index contributed by atoms with van der Waals surface area (Å²) in [5.74, 6) is 0.951. The molecular formula is C19H22N4O. The van der Waals surface area contributed by atoms with Crippen LogP contribution in [0.25, 0.3) is 5.52 Å². The number of anilines is 1. The van der Waals surface area contributed by atoms with E-state index < -0.39 is 5.60 Å². The van der Waals surface area contributed by atoms with E-state index in [0.29, 0.717) is 6.42 Å². The molecule has 0 amide bonds. The molecule has 0 radical (unpaired) electrons. The maximum absolute atomic E-state index is 11.0. The standard InChI is InChI=1S/C19H22N4O/c1-15-3-2-4-16(11-15)12-19(24)5-8-22(9-6-19)18-17-13-20-14-23(17)10-7-21-18/h2-4,7,10-11,13-14,24H,5-6,8-9,12H2,1H3. The van der Waals surface area contributed by atoms with Crippen LogP contribution in [0.5, 0.6) is 0 Å². The van der Waals surface area contributed by atoms with Crippen molar-refractivity contribution in [2.75, 3.05) is 18.0 Å². The van der Waals surface area contributed by atoms with Crippen LogP contribution in [0.4, 0.5) is 5.82 Å². The summed E-state index contributed by atoms with van der Waals surface area (Å²) in [6, 6.07) is 8.42. The Morgan fingerprint density at radius 1 is 1.25 bits per heavy atom. The fourth-order valence-corrected chi connectivity index (χ4v) is 3.60. The number of hydrogen-bond donors (Lipinski definition) is 1. The van der Waals surface area contributed by atoms with Crippen molar-refractivity contribution < 1.29 is 5.11 Å². The number of imidazole rings is 1. The van der Waals surface area contributed by atoms with Gasteiger partial charge in [-0.25, -0.2) is 9.97 Å². The molecule has 0 bridgehead atoms. The van der Waals surface area contributed by atoms with Crippen LogP contribution < -0.4 is 4.90 Å². The van der Waals surface area contributed by atoms with E-state index in [1.165, 1.54) is 11.1 Å². The first-order chi connectivity index (χ1) is 11.6. The highest BCUT2D eigenvalue weighted by Crippen LogP contribution is 2.30. The van der Waals surface area contributed by atoms with Crippen LogP contribution in [0.15, 0.2) is 49.2 Å². The molecule has 4 rings (SSSR count). The van der Waals surface area contributed by atoms with Crippen molar-refractivity contribution in [3.63, 3.8) is 0 Å². The van der Waals surface area contributed by atoms with Gasteiger partial charge in [-0.05, 0) is 25.3 Å². The molecule has 24 heavy (non-hydrogen) atoms. The van der Waals surface area contributed by atoms with Crippen LogP contribution >= 0.6 is 0 Å². The number of aryl methyl sites for hydroxylation is 1. The number of nitrogens with zero attached hydrogens (tertiary/aromatic N) is 4. The summed E-state index contributed by atoms with van der Waals surface area (Å²) in [6.07, 6.45) is 9.55. The van der Waals surface area contributed by atoms with E-state index in [1.807, 2.05) is 16.8 Å². The fraction of sp³-hybridized carbons (Fsp3) is 0.368. The average Bonchev–Trinajstić information content (AvgIpc) is 3.04. The van der Waals surface area contributed by atoms with Crippen molar-refractivity contribution in [1.82, 2.24) is 14.4 Å². The number of benzene rings is 1. The van der Waals surface area contributed by atoms with Crippen molar-refractivity contribution in [3.05, 3.63) is 60.3 Å². The van der Waals surface area contributed by atoms with Gasteiger partial charge in [0.05, 0.1) is 18.1 Å². The van der Waals surface area contributed by atoms with E-state index in [2.05, 4.69) is 46.1 Å². The Hall–Kier alpha value is -2.40. The zero-order valence-electron chi connectivity index (χ0n) is 13.9. The third kappa shape index (κ3) is 2.87. The average molecular weight is 322 g/mol. The number of hydrogen-bond acceptors (Lipinski definition) is 4. The lowest BCUT2D eigenvalue weighted by molar-refractivity contribution is 0.0164. The Labute approximate surface area is 141 Å². The van der Waals surface area contributed by atoms with Gasteiger partial charge in [-0.3, -0.25) is 0 Å². The second kappa shape index (κ2) is 5.91. The summed E-state index contributed by atoms with van der Waals surface area (Å²) in [5, 5.41) is 11.0. The third-order valence-electron chi connectivity index (χ3n) is 4.93. The smallest absolute Gasteiger partial charge is 0.154 e. The molecule has 3 aromatic rings.